The predicted octanol–water partition coefficient (Wildman–Crippen LogP) is 0.593. The fraction of sp³-hybridized carbons (Fsp3) is 0.375. The van der Waals surface area contributed by atoms with Gasteiger partial charge in [-0.1, -0.05) is 0 Å². The van der Waals surface area contributed by atoms with Crippen molar-refractivity contribution in [2.75, 3.05) is 30.0 Å². The molecule has 0 saturated heterocycles. The van der Waals surface area contributed by atoms with Gasteiger partial charge in [0, 0.05) is 19.1 Å². The molecule has 6 N–H and O–H groups in total. The Bertz CT molecular complexity index is 1060. The lowest BCUT2D eigenvalue weighted by Gasteiger charge is -2.35. The first-order valence-electron chi connectivity index (χ1n) is 8.42. The minimum absolute atomic E-state index is 0.0417. The second kappa shape index (κ2) is 7.53. The van der Waals surface area contributed by atoms with Crippen molar-refractivity contribution in [2.24, 2.45) is 5.92 Å². The molecule has 1 aliphatic heterocycles. The van der Waals surface area contributed by atoms with Crippen LogP contribution < -0.4 is 21.5 Å². The number of hydrogen-bond donors (Lipinski definition) is 6. The second-order valence-corrected chi connectivity index (χ2v) is 7.90. The topological polar surface area (TPSA) is 168 Å². The maximum absolute atomic E-state index is 12.3. The molecule has 28 heavy (non-hydrogen) atoms. The summed E-state index contributed by atoms with van der Waals surface area (Å²) >= 11 is 0. The molecule has 12 heteroatoms. The average molecular weight is 412 g/mol. The Morgan fingerprint density at radius 2 is 1.86 bits per heavy atom. The van der Waals surface area contributed by atoms with Gasteiger partial charge in [-0.2, -0.15) is 0 Å². The zero-order chi connectivity index (χ0) is 20.6. The number of nitrogens with one attached hydrogen (secondary N) is 3. The maximum atomic E-state index is 12.3. The highest BCUT2D eigenvalue weighted by molar-refractivity contribution is 7.46. The predicted molar refractivity (Wildman–Crippen MR) is 102 cm³/mol. The smallest absolute Gasteiger partial charge is 0.396 e. The Balaban J connectivity index is 2.06. The SMILES string of the molecule is Cc1cc2c(cc1C)N(CC(CO)COP(=O)(O)O)c1[nH]c(=O)[nH]c(=O)c1N2. The van der Waals surface area contributed by atoms with E-state index in [-0.39, 0.29) is 18.1 Å². The minimum atomic E-state index is -4.70. The van der Waals surface area contributed by atoms with Crippen LogP contribution in [0.3, 0.4) is 0 Å². The number of anilines is 4. The molecule has 0 bridgehead atoms. The molecule has 0 spiro atoms. The number of rotatable bonds is 6. The van der Waals surface area contributed by atoms with Crippen LogP contribution in [0.5, 0.6) is 0 Å². The molecule has 1 aromatic carbocycles. The van der Waals surface area contributed by atoms with Gasteiger partial charge < -0.3 is 25.1 Å². The number of phosphoric acid groups is 1. The highest BCUT2D eigenvalue weighted by Gasteiger charge is 2.29. The molecule has 2 heterocycles. The highest BCUT2D eigenvalue weighted by atomic mass is 31.2. The first-order valence-corrected chi connectivity index (χ1v) is 9.95. The average Bonchev–Trinajstić information content (AvgIpc) is 2.59. The summed E-state index contributed by atoms with van der Waals surface area (Å²) in [5.74, 6) is -0.505. The largest absolute Gasteiger partial charge is 0.469 e. The Labute approximate surface area is 159 Å². The molecule has 3 rings (SSSR count). The Hall–Kier alpha value is -2.43. The van der Waals surface area contributed by atoms with Crippen LogP contribution in [0.25, 0.3) is 0 Å². The maximum Gasteiger partial charge on any atom is 0.469 e. The zero-order valence-electron chi connectivity index (χ0n) is 15.2. The number of aliphatic hydroxyl groups is 1. The first-order chi connectivity index (χ1) is 13.1. The Kier molecular flexibility index (Phi) is 5.46. The number of nitrogens with zero attached hydrogens (tertiary/aromatic N) is 1. The van der Waals surface area contributed by atoms with Crippen LogP contribution in [0.4, 0.5) is 22.9 Å². The molecule has 11 nitrogen and oxygen atoms in total. The number of H-pyrrole nitrogens is 2. The molecule has 1 unspecified atom stereocenters. The standard InChI is InChI=1S/C16H21N4O7P/c1-8-3-11-12(4-9(8)2)20(5-10(6-21)7-27-28(24,25)26)14-13(17-11)15(22)19-16(23)18-14/h3-4,10,17,21H,5-7H2,1-2H3,(H2,24,25,26)(H2,18,19,22,23). The van der Waals surface area contributed by atoms with Crippen molar-refractivity contribution in [3.63, 3.8) is 0 Å². The number of aliphatic hydroxyl groups excluding tert-OH is 1. The van der Waals surface area contributed by atoms with Crippen LogP contribution in [0.1, 0.15) is 11.1 Å². The summed E-state index contributed by atoms with van der Waals surface area (Å²) in [6.07, 6.45) is 0. The van der Waals surface area contributed by atoms with Gasteiger partial charge in [0.2, 0.25) is 0 Å². The summed E-state index contributed by atoms with van der Waals surface area (Å²) in [7, 11) is -4.70. The molecule has 1 aromatic heterocycles. The van der Waals surface area contributed by atoms with Crippen LogP contribution >= 0.6 is 7.82 Å². The van der Waals surface area contributed by atoms with Crippen molar-refractivity contribution in [3.05, 3.63) is 44.1 Å². The van der Waals surface area contributed by atoms with Gasteiger partial charge >= 0.3 is 13.5 Å². The molecular weight excluding hydrogens is 391 g/mol. The van der Waals surface area contributed by atoms with Crippen molar-refractivity contribution in [3.8, 4) is 0 Å². The first kappa shape index (κ1) is 20.3. The fourth-order valence-corrected chi connectivity index (χ4v) is 3.39. The van der Waals surface area contributed by atoms with E-state index in [1.54, 1.807) is 4.90 Å². The molecule has 152 valence electrons. The highest BCUT2D eigenvalue weighted by Crippen LogP contribution is 2.42. The minimum Gasteiger partial charge on any atom is -0.396 e. The van der Waals surface area contributed by atoms with Crippen LogP contribution in [-0.2, 0) is 9.09 Å². The monoisotopic (exact) mass is 412 g/mol. The number of hydrogen-bond acceptors (Lipinski definition) is 7. The Morgan fingerprint density at radius 1 is 1.18 bits per heavy atom. The number of aryl methyl sites for hydroxylation is 2. The van der Waals surface area contributed by atoms with Gasteiger partial charge in [0.1, 0.15) is 11.5 Å². The van der Waals surface area contributed by atoms with Gasteiger partial charge in [-0.05, 0) is 37.1 Å². The summed E-state index contributed by atoms with van der Waals surface area (Å²) in [5, 5.41) is 12.7. The van der Waals surface area contributed by atoms with Gasteiger partial charge in [-0.15, -0.1) is 0 Å². The van der Waals surface area contributed by atoms with E-state index in [1.807, 2.05) is 26.0 Å². The lowest BCUT2D eigenvalue weighted by atomic mass is 10.0. The summed E-state index contributed by atoms with van der Waals surface area (Å²) in [6, 6.07) is 3.71. The van der Waals surface area contributed by atoms with E-state index in [9.17, 15) is 19.3 Å². The van der Waals surface area contributed by atoms with Crippen LogP contribution in [0.15, 0.2) is 21.7 Å². The molecule has 0 fully saturated rings. The summed E-state index contributed by atoms with van der Waals surface area (Å²) < 4.78 is 15.5. The van der Waals surface area contributed by atoms with Crippen LogP contribution in [0.2, 0.25) is 0 Å². The van der Waals surface area contributed by atoms with Crippen molar-refractivity contribution in [2.45, 2.75) is 13.8 Å². The van der Waals surface area contributed by atoms with Crippen molar-refractivity contribution in [1.82, 2.24) is 9.97 Å². The molecule has 0 radical (unpaired) electrons. The number of fused-ring (bicyclic) bond motifs is 2. The normalized spacial score (nSPS) is 14.2. The van der Waals surface area contributed by atoms with Crippen molar-refractivity contribution >= 4 is 30.7 Å². The number of aromatic amines is 2. The van der Waals surface area contributed by atoms with Crippen molar-refractivity contribution < 1.29 is 24.0 Å². The van der Waals surface area contributed by atoms with E-state index in [2.05, 4.69) is 19.8 Å². The number of aromatic nitrogens is 2. The van der Waals surface area contributed by atoms with Gasteiger partial charge in [0.05, 0.1) is 18.0 Å². The van der Waals surface area contributed by atoms with E-state index in [0.29, 0.717) is 11.4 Å². The second-order valence-electron chi connectivity index (χ2n) is 6.66. The molecule has 1 aliphatic rings. The van der Waals surface area contributed by atoms with Gasteiger partial charge in [-0.3, -0.25) is 19.3 Å². The summed E-state index contributed by atoms with van der Waals surface area (Å²) in [6.45, 7) is 3.03. The van der Waals surface area contributed by atoms with Gasteiger partial charge in [-0.25, -0.2) is 9.36 Å². The molecule has 0 saturated carbocycles. The lowest BCUT2D eigenvalue weighted by Crippen LogP contribution is -2.37. The van der Waals surface area contributed by atoms with Gasteiger partial charge in [0.15, 0.2) is 0 Å². The third-order valence-corrected chi connectivity index (χ3v) is 5.02. The van der Waals surface area contributed by atoms with Crippen molar-refractivity contribution in [1.29, 1.82) is 0 Å². The van der Waals surface area contributed by atoms with E-state index in [4.69, 9.17) is 9.79 Å². The van der Waals surface area contributed by atoms with E-state index in [0.717, 1.165) is 11.1 Å². The lowest BCUT2D eigenvalue weighted by molar-refractivity contribution is 0.133. The molecular formula is C16H21N4O7P. The third-order valence-electron chi connectivity index (χ3n) is 4.53. The summed E-state index contributed by atoms with van der Waals surface area (Å²) in [4.78, 5) is 48.2. The van der Waals surface area contributed by atoms with E-state index >= 15 is 0 Å². The molecule has 1 atom stereocenters. The molecule has 2 aromatic rings. The van der Waals surface area contributed by atoms with Crippen LogP contribution in [-0.4, -0.2) is 44.6 Å². The third kappa shape index (κ3) is 4.18. The number of benzene rings is 1. The Morgan fingerprint density at radius 3 is 2.50 bits per heavy atom. The fourth-order valence-electron chi connectivity index (χ4n) is 2.99. The van der Waals surface area contributed by atoms with Gasteiger partial charge in [0.25, 0.3) is 5.56 Å². The number of phosphoric ester groups is 1. The quantitative estimate of drug-likeness (QED) is 0.372. The van der Waals surface area contributed by atoms with E-state index in [1.165, 1.54) is 0 Å². The molecule has 0 amide bonds. The van der Waals surface area contributed by atoms with E-state index < -0.39 is 38.2 Å². The van der Waals surface area contributed by atoms with Crippen LogP contribution in [0, 0.1) is 19.8 Å². The molecule has 0 aliphatic carbocycles. The summed E-state index contributed by atoms with van der Waals surface area (Å²) in [5.41, 5.74) is 2.04. The zero-order valence-corrected chi connectivity index (χ0v) is 16.1.